The summed E-state index contributed by atoms with van der Waals surface area (Å²) < 4.78 is 55.9. The van der Waals surface area contributed by atoms with Crippen LogP contribution in [0.5, 0.6) is 0 Å². The van der Waals surface area contributed by atoms with Crippen LogP contribution in [-0.4, -0.2) is 282 Å². The molecule has 17 N–H and O–H groups in total. The van der Waals surface area contributed by atoms with Crippen molar-refractivity contribution in [3.8, 4) is 0 Å². The molecule has 64 heavy (non-hydrogen) atoms. The topological polar surface area (TPSA) is 449 Å². The van der Waals surface area contributed by atoms with E-state index in [0.717, 1.165) is 0 Å². The number of aliphatic hydroxyl groups is 15. The van der Waals surface area contributed by atoms with Crippen molar-refractivity contribution in [3.63, 3.8) is 0 Å². The van der Waals surface area contributed by atoms with E-state index >= 15 is 0 Å². The first kappa shape index (κ1) is 56.5. The molecule has 18 unspecified atom stereocenters. The van der Waals surface area contributed by atoms with Crippen LogP contribution in [-0.2, 0) is 52.2 Å². The number of amides is 1. The van der Waals surface area contributed by atoms with Crippen molar-refractivity contribution < 1.29 is 173 Å². The van der Waals surface area contributed by atoms with Crippen molar-refractivity contribution in [1.82, 2.24) is 5.32 Å². The fraction of sp³-hybridized carbons (Fsp3) is 0.971. The van der Waals surface area contributed by atoms with Gasteiger partial charge in [-0.3, -0.25) is 4.79 Å². The van der Waals surface area contributed by atoms with Crippen molar-refractivity contribution in [3.05, 3.63) is 5.73 Å². The summed E-state index contributed by atoms with van der Waals surface area (Å²) in [5.41, 5.74) is 8.73. The fourth-order valence-electron chi connectivity index (χ4n) is 7.70. The average molecular weight is 1150 g/mol. The summed E-state index contributed by atoms with van der Waals surface area (Å²) in [5.74, 6) is -0.275. The molecule has 0 aliphatic carbocycles. The van der Waals surface area contributed by atoms with Crippen molar-refractivity contribution in [2.24, 2.45) is 0 Å². The maximum atomic E-state index is 11.4. The van der Waals surface area contributed by atoms with Gasteiger partial charge in [0.15, 0.2) is 25.2 Å². The first-order valence-corrected chi connectivity index (χ1v) is 20.2. The van der Waals surface area contributed by atoms with E-state index in [2.05, 4.69) is 5.32 Å². The van der Waals surface area contributed by atoms with E-state index in [1.165, 1.54) is 6.92 Å². The Balaban J connectivity index is 0.00000898. The third kappa shape index (κ3) is 12.8. The van der Waals surface area contributed by atoms with Crippen molar-refractivity contribution >= 4 is 5.91 Å². The van der Waals surface area contributed by atoms with E-state index in [-0.39, 0.29) is 63.1 Å². The van der Waals surface area contributed by atoms with E-state index in [1.54, 1.807) is 0 Å². The van der Waals surface area contributed by atoms with Gasteiger partial charge in [-0.25, -0.2) is 0 Å². The Kier molecular flexibility index (Phi) is 22.6. The molecule has 0 aromatic heterocycles. The Morgan fingerprint density at radius 2 is 0.844 bits per heavy atom. The molecular formula is C35H61AcN2O26-. The fourth-order valence-corrected chi connectivity index (χ4v) is 7.70. The van der Waals surface area contributed by atoms with Crippen LogP contribution in [0.25, 0.3) is 5.73 Å². The van der Waals surface area contributed by atoms with Gasteiger partial charge in [-0.2, -0.15) is 0 Å². The summed E-state index contributed by atoms with van der Waals surface area (Å²) >= 11 is 0. The number of hydrogen-bond donors (Lipinski definition) is 16. The molecule has 5 heterocycles. The van der Waals surface area contributed by atoms with Gasteiger partial charge in [0.1, 0.15) is 116 Å². The van der Waals surface area contributed by atoms with Gasteiger partial charge in [0.25, 0.3) is 0 Å². The first-order valence-electron chi connectivity index (χ1n) is 20.2. The first-order chi connectivity index (χ1) is 29.9. The third-order valence-electron chi connectivity index (χ3n) is 11.3. The zero-order chi connectivity index (χ0) is 46.4. The van der Waals surface area contributed by atoms with Crippen LogP contribution in [0, 0.1) is 44.1 Å². The van der Waals surface area contributed by atoms with Crippen molar-refractivity contribution in [1.29, 1.82) is 0 Å². The second kappa shape index (κ2) is 25.6. The molecule has 5 aliphatic heterocycles. The zero-order valence-electron chi connectivity index (χ0n) is 34.4. The van der Waals surface area contributed by atoms with Gasteiger partial charge in [0.05, 0.1) is 45.7 Å². The van der Waals surface area contributed by atoms with Crippen LogP contribution in [0.3, 0.4) is 0 Å². The van der Waals surface area contributed by atoms with Crippen molar-refractivity contribution in [2.75, 3.05) is 46.2 Å². The third-order valence-corrected chi connectivity index (χ3v) is 11.3. The standard InChI is InChI=1S/C35H61N2O26.Ac/c1-10(43)37-3-2-4-54-32-24(51)22(49)28(15(9-42)59-32)61-35-25(52)29(18(45)12(6-39)57-35)62-31-16(36)20(47)27(14(8-41)58-31)60-34-26(53)30(19(46)13(7-40)56-34)63-33-23(50)21(48)17(44)11(5-38)55-33;/h11-36,38-42,44-53H,2-9H2,1H3,(H,37,43);/q-1;/t11?,12?,13?,14?,15?,16?,17-,18+,19-,20?,21?,22?,23?,24?,25?,26?,27+,28-,29?,30?,31+,32?,33?,34?,35+;/m1./s1. The second-order valence-electron chi connectivity index (χ2n) is 15.7. The Morgan fingerprint density at radius 1 is 0.469 bits per heavy atom. The predicted molar refractivity (Wildman–Crippen MR) is 196 cm³/mol. The molecule has 1 radical (unpaired) electrons. The Labute approximate surface area is 400 Å². The van der Waals surface area contributed by atoms with Crippen LogP contribution in [0.1, 0.15) is 13.3 Å². The Bertz CT molecular complexity index is 1400. The molecule has 0 bridgehead atoms. The monoisotopic (exact) mass is 1150 g/mol. The number of ether oxygens (including phenoxy) is 10. The predicted octanol–water partition coefficient (Wildman–Crippen LogP) is -10.3. The zero-order valence-corrected chi connectivity index (χ0v) is 39.1. The molecule has 29 heteroatoms. The van der Waals surface area contributed by atoms with Gasteiger partial charge >= 0.3 is 0 Å². The minimum atomic E-state index is -2.07. The molecule has 0 aromatic carbocycles. The number of carbonyl (C=O) groups is 1. The largest absolute Gasteiger partial charge is 0.668 e. The van der Waals surface area contributed by atoms with Gasteiger partial charge in [0.2, 0.25) is 5.91 Å². The number of hydrogen-bond acceptors (Lipinski definition) is 26. The van der Waals surface area contributed by atoms with Crippen LogP contribution < -0.4 is 5.32 Å². The number of carbonyl (C=O) groups excluding carboxylic acids is 1. The summed E-state index contributed by atoms with van der Waals surface area (Å²) in [5, 5.41) is 161. The molecule has 5 saturated heterocycles. The SMILES string of the molecule is CC(=O)NCCCOC1OC(CO)[C@@H](O[C@@H]2OC(CO)[C@H](O)C(O[C@@H]3OC(CO)[C@H](OC4OC(CO)[C@@H](O)C(OC5OC(CO)[C@@H](O)C(O)C5O)C4O)C(O)C3[NH-])C2O)C(O)C1O.[Ac]. The Hall–Kier alpha value is -0.128. The second-order valence-corrected chi connectivity index (χ2v) is 15.7. The molecule has 25 atom stereocenters. The smallest absolute Gasteiger partial charge is 0.216 e. The molecule has 5 fully saturated rings. The van der Waals surface area contributed by atoms with Gasteiger partial charge < -0.3 is 135 Å². The van der Waals surface area contributed by atoms with Gasteiger partial charge in [-0.1, -0.05) is 6.04 Å². The van der Waals surface area contributed by atoms with Crippen LogP contribution >= 0.6 is 0 Å². The summed E-state index contributed by atoms with van der Waals surface area (Å²) in [6, 6.07) is -1.93. The maximum absolute atomic E-state index is 11.4. The number of nitrogens with one attached hydrogen (secondary N) is 2. The van der Waals surface area contributed by atoms with E-state index in [4.69, 9.17) is 53.1 Å². The minimum absolute atomic E-state index is 0. The quantitative estimate of drug-likeness (QED) is 0.0567. The van der Waals surface area contributed by atoms with E-state index < -0.39 is 187 Å². The summed E-state index contributed by atoms with van der Waals surface area (Å²) in [6.45, 7) is -2.95. The molecule has 371 valence electrons. The van der Waals surface area contributed by atoms with Crippen LogP contribution in [0.2, 0.25) is 0 Å². The van der Waals surface area contributed by atoms with Crippen LogP contribution in [0.4, 0.5) is 0 Å². The summed E-state index contributed by atoms with van der Waals surface area (Å²) in [7, 11) is 0. The molecule has 5 rings (SSSR count). The average Bonchev–Trinajstić information content (AvgIpc) is 3.26. The van der Waals surface area contributed by atoms with E-state index in [0.29, 0.717) is 6.42 Å². The van der Waals surface area contributed by atoms with E-state index in [1.807, 2.05) is 0 Å². The Morgan fingerprint density at radius 3 is 1.31 bits per heavy atom. The molecule has 0 spiro atoms. The molecule has 5 aliphatic rings. The van der Waals surface area contributed by atoms with E-state index in [9.17, 15) is 81.4 Å². The number of aliphatic hydroxyl groups excluding tert-OH is 15. The molecule has 0 aromatic rings. The molecule has 1 amide bonds. The molecule has 0 saturated carbocycles. The maximum Gasteiger partial charge on any atom is 0.216 e. The molecular weight excluding hydrogens is 1090 g/mol. The summed E-state index contributed by atoms with van der Waals surface area (Å²) in [4.78, 5) is 11.1. The van der Waals surface area contributed by atoms with Crippen LogP contribution in [0.15, 0.2) is 0 Å². The van der Waals surface area contributed by atoms with Gasteiger partial charge in [-0.15, -0.1) is 0 Å². The van der Waals surface area contributed by atoms with Gasteiger partial charge in [0, 0.05) is 57.5 Å². The van der Waals surface area contributed by atoms with Crippen molar-refractivity contribution in [2.45, 2.75) is 167 Å². The normalized spacial score (nSPS) is 47.7. The molecule has 28 nitrogen and oxygen atoms in total. The number of rotatable bonds is 18. The minimum Gasteiger partial charge on any atom is -0.668 e. The van der Waals surface area contributed by atoms with Gasteiger partial charge in [-0.05, 0) is 6.42 Å². The summed E-state index contributed by atoms with van der Waals surface area (Å²) in [6.07, 6.45) is -42.8.